The van der Waals surface area contributed by atoms with Crippen molar-refractivity contribution < 1.29 is 18.4 Å². The first-order valence-corrected chi connectivity index (χ1v) is 12.0. The molecule has 0 saturated heterocycles. The Hall–Kier alpha value is -4.22. The Kier molecular flexibility index (Phi) is 6.05. The van der Waals surface area contributed by atoms with Gasteiger partial charge in [0.25, 0.3) is 5.91 Å². The molecule has 4 rings (SSSR count). The number of nitrogen functional groups attached to an aromatic ring is 1. The Morgan fingerprint density at radius 2 is 1.79 bits per heavy atom. The van der Waals surface area contributed by atoms with Gasteiger partial charge in [-0.05, 0) is 55.0 Å². The fraction of sp³-hybridized carbons (Fsp3) is 0.0870. The molecule has 1 amide bonds. The van der Waals surface area contributed by atoms with Crippen LogP contribution in [0, 0.1) is 6.92 Å². The van der Waals surface area contributed by atoms with E-state index < -0.39 is 9.84 Å². The lowest BCUT2D eigenvalue weighted by molar-refractivity contribution is 0.102. The van der Waals surface area contributed by atoms with E-state index in [-0.39, 0.29) is 11.1 Å². The van der Waals surface area contributed by atoms with Crippen LogP contribution in [0.2, 0.25) is 0 Å². The summed E-state index contributed by atoms with van der Waals surface area (Å²) in [4.78, 5) is 21.4. The molecule has 0 aliphatic carbocycles. The number of carbonyl (C=O) groups excluding carboxylic acids is 1. The summed E-state index contributed by atoms with van der Waals surface area (Å²) in [7, 11) is -3.50. The lowest BCUT2D eigenvalue weighted by atomic mass is 9.98. The van der Waals surface area contributed by atoms with E-state index in [4.69, 9.17) is 5.73 Å². The minimum atomic E-state index is -3.50. The number of anilines is 3. The fourth-order valence-corrected chi connectivity index (χ4v) is 4.33. The molecule has 10 nitrogen and oxygen atoms in total. The molecule has 0 radical (unpaired) electrons. The van der Waals surface area contributed by atoms with Gasteiger partial charge in [-0.1, -0.05) is 6.07 Å². The van der Waals surface area contributed by atoms with Crippen molar-refractivity contribution in [1.29, 1.82) is 0 Å². The molecule has 0 unspecified atom stereocenters. The van der Waals surface area contributed by atoms with E-state index >= 15 is 0 Å². The first-order valence-electron chi connectivity index (χ1n) is 10.1. The monoisotopic (exact) mass is 478 g/mol. The molecule has 0 saturated carbocycles. The van der Waals surface area contributed by atoms with Crippen molar-refractivity contribution in [3.8, 4) is 16.9 Å². The zero-order chi connectivity index (χ0) is 24.5. The normalized spacial score (nSPS) is 11.3. The maximum absolute atomic E-state index is 13.1. The summed E-state index contributed by atoms with van der Waals surface area (Å²) in [6.45, 7) is 1.78. The number of aromatic nitrogens is 3. The Morgan fingerprint density at radius 1 is 1.06 bits per heavy atom. The first-order chi connectivity index (χ1) is 16.2. The minimum absolute atomic E-state index is 0.0682. The highest BCUT2D eigenvalue weighted by Gasteiger charge is 2.18. The number of pyridine rings is 1. The van der Waals surface area contributed by atoms with Crippen LogP contribution >= 0.6 is 0 Å². The molecule has 0 bridgehead atoms. The van der Waals surface area contributed by atoms with E-state index in [1.807, 2.05) is 5.48 Å². The number of hydrogen-bond donors (Lipinski definition) is 4. The van der Waals surface area contributed by atoms with Gasteiger partial charge in [-0.2, -0.15) is 0 Å². The van der Waals surface area contributed by atoms with Gasteiger partial charge >= 0.3 is 0 Å². The van der Waals surface area contributed by atoms with Gasteiger partial charge in [0, 0.05) is 41.8 Å². The second-order valence-electron chi connectivity index (χ2n) is 7.56. The van der Waals surface area contributed by atoms with Crippen molar-refractivity contribution in [3.63, 3.8) is 0 Å². The summed E-state index contributed by atoms with van der Waals surface area (Å²) in [6.07, 6.45) is 5.64. The molecule has 0 atom stereocenters. The second-order valence-corrected chi connectivity index (χ2v) is 9.47. The smallest absolute Gasteiger partial charge is 0.257 e. The van der Waals surface area contributed by atoms with Crippen molar-refractivity contribution in [2.24, 2.45) is 0 Å². The standard InChI is InChI=1S/C23H22N6O4S/c1-14-17(9-10-19(28-31)20(14)24)21-18(4-3-11-25-21)22(30)27-15-5-7-16(8-6-15)29-13-12-26-23(29)34(2,32)33/h3-13,28,31H,24H2,1-2H3,(H,27,30). The summed E-state index contributed by atoms with van der Waals surface area (Å²) >= 11 is 0. The zero-order valence-electron chi connectivity index (χ0n) is 18.4. The predicted molar refractivity (Wildman–Crippen MR) is 129 cm³/mol. The highest BCUT2D eigenvalue weighted by atomic mass is 32.2. The topological polar surface area (TPSA) is 152 Å². The third-order valence-corrected chi connectivity index (χ3v) is 6.25. The molecule has 34 heavy (non-hydrogen) atoms. The molecular formula is C23H22N6O4S. The number of nitrogens with zero attached hydrogens (tertiary/aromatic N) is 3. The fourth-order valence-electron chi connectivity index (χ4n) is 3.55. The van der Waals surface area contributed by atoms with Crippen molar-refractivity contribution in [1.82, 2.24) is 14.5 Å². The Labute approximate surface area is 196 Å². The van der Waals surface area contributed by atoms with Gasteiger partial charge in [0.05, 0.1) is 22.6 Å². The van der Waals surface area contributed by atoms with Gasteiger partial charge in [0.1, 0.15) is 0 Å². The quantitative estimate of drug-likeness (QED) is 0.243. The molecule has 174 valence electrons. The van der Waals surface area contributed by atoms with Crippen LogP contribution in [0.3, 0.4) is 0 Å². The number of hydrogen-bond acceptors (Lipinski definition) is 8. The van der Waals surface area contributed by atoms with Gasteiger partial charge in [0.15, 0.2) is 0 Å². The minimum Gasteiger partial charge on any atom is -0.397 e. The number of sulfone groups is 1. The number of nitrogens with one attached hydrogen (secondary N) is 2. The van der Waals surface area contributed by atoms with Gasteiger partial charge in [-0.15, -0.1) is 0 Å². The summed E-state index contributed by atoms with van der Waals surface area (Å²) in [5.41, 5.74) is 12.0. The molecule has 4 aromatic rings. The van der Waals surface area contributed by atoms with Crippen LogP contribution in [0.1, 0.15) is 15.9 Å². The predicted octanol–water partition coefficient (Wildman–Crippen LogP) is 3.28. The van der Waals surface area contributed by atoms with Crippen LogP contribution < -0.4 is 16.5 Å². The average molecular weight is 479 g/mol. The van der Waals surface area contributed by atoms with E-state index in [2.05, 4.69) is 15.3 Å². The molecule has 0 aliphatic rings. The summed E-state index contributed by atoms with van der Waals surface area (Å²) in [6, 6.07) is 13.3. The second kappa shape index (κ2) is 8.96. The number of benzene rings is 2. The summed E-state index contributed by atoms with van der Waals surface area (Å²) < 4.78 is 25.3. The van der Waals surface area contributed by atoms with E-state index in [1.165, 1.54) is 10.8 Å². The van der Waals surface area contributed by atoms with Crippen LogP contribution in [0.25, 0.3) is 16.9 Å². The van der Waals surface area contributed by atoms with Gasteiger partial charge in [0.2, 0.25) is 15.0 Å². The molecule has 2 heterocycles. The molecule has 5 N–H and O–H groups in total. The van der Waals surface area contributed by atoms with Crippen molar-refractivity contribution in [3.05, 3.63) is 78.2 Å². The lowest BCUT2D eigenvalue weighted by Crippen LogP contribution is -2.14. The molecule has 2 aromatic carbocycles. The molecular weight excluding hydrogens is 456 g/mol. The summed E-state index contributed by atoms with van der Waals surface area (Å²) in [5.74, 6) is -0.377. The van der Waals surface area contributed by atoms with Crippen LogP contribution in [0.5, 0.6) is 0 Å². The van der Waals surface area contributed by atoms with Gasteiger partial charge < -0.3 is 11.1 Å². The van der Waals surface area contributed by atoms with Gasteiger partial charge in [-0.3, -0.25) is 25.0 Å². The van der Waals surface area contributed by atoms with E-state index in [1.54, 1.807) is 67.8 Å². The van der Waals surface area contributed by atoms with Gasteiger partial charge in [-0.25, -0.2) is 13.4 Å². The maximum Gasteiger partial charge on any atom is 0.257 e. The zero-order valence-corrected chi connectivity index (χ0v) is 19.2. The largest absolute Gasteiger partial charge is 0.397 e. The van der Waals surface area contributed by atoms with E-state index in [0.717, 1.165) is 6.26 Å². The van der Waals surface area contributed by atoms with Crippen LogP contribution in [-0.4, -0.2) is 40.3 Å². The third kappa shape index (κ3) is 4.34. The van der Waals surface area contributed by atoms with E-state index in [9.17, 15) is 18.4 Å². The average Bonchev–Trinajstić information content (AvgIpc) is 3.32. The maximum atomic E-state index is 13.1. The lowest BCUT2D eigenvalue weighted by Gasteiger charge is -2.15. The Balaban J connectivity index is 1.62. The molecule has 0 aliphatic heterocycles. The molecule has 11 heteroatoms. The Morgan fingerprint density at radius 3 is 2.47 bits per heavy atom. The number of amides is 1. The first kappa shape index (κ1) is 23.0. The van der Waals surface area contributed by atoms with Crippen molar-refractivity contribution >= 4 is 32.8 Å². The number of imidazole rings is 1. The molecule has 0 spiro atoms. The number of carbonyl (C=O) groups is 1. The third-order valence-electron chi connectivity index (χ3n) is 5.28. The summed E-state index contributed by atoms with van der Waals surface area (Å²) in [5, 5.41) is 12.0. The number of nitrogens with two attached hydrogens (primary N) is 1. The van der Waals surface area contributed by atoms with Crippen LogP contribution in [0.15, 0.2) is 72.3 Å². The highest BCUT2D eigenvalue weighted by Crippen LogP contribution is 2.33. The molecule has 2 aromatic heterocycles. The molecule has 0 fully saturated rings. The van der Waals surface area contributed by atoms with Crippen LogP contribution in [-0.2, 0) is 9.84 Å². The van der Waals surface area contributed by atoms with Crippen molar-refractivity contribution in [2.75, 3.05) is 22.8 Å². The van der Waals surface area contributed by atoms with E-state index in [0.29, 0.717) is 45.1 Å². The number of rotatable bonds is 6. The van der Waals surface area contributed by atoms with Crippen molar-refractivity contribution in [2.45, 2.75) is 12.1 Å². The Bertz CT molecular complexity index is 1480. The van der Waals surface area contributed by atoms with Crippen LogP contribution in [0.4, 0.5) is 17.1 Å². The SMILES string of the molecule is Cc1c(-c2ncccc2C(=O)Nc2ccc(-n3ccnc3S(C)(=O)=O)cc2)ccc(NO)c1N. The highest BCUT2D eigenvalue weighted by molar-refractivity contribution is 7.90.